The van der Waals surface area contributed by atoms with Gasteiger partial charge in [0.25, 0.3) is 5.91 Å². The largest absolute Gasteiger partial charge is 0.496 e. The van der Waals surface area contributed by atoms with E-state index in [9.17, 15) is 4.79 Å². The number of aromatic nitrogens is 1. The number of pyridine rings is 1. The van der Waals surface area contributed by atoms with Gasteiger partial charge < -0.3 is 14.8 Å². The predicted molar refractivity (Wildman–Crippen MR) is 116 cm³/mol. The lowest BCUT2D eigenvalue weighted by molar-refractivity contribution is 0.0950. The zero-order valence-corrected chi connectivity index (χ0v) is 18.2. The summed E-state index contributed by atoms with van der Waals surface area (Å²) in [6.07, 6.45) is 3.52. The Hall–Kier alpha value is -2.86. The van der Waals surface area contributed by atoms with Crippen LogP contribution in [0.25, 0.3) is 0 Å². The van der Waals surface area contributed by atoms with Crippen LogP contribution in [0, 0.1) is 13.8 Å². The highest BCUT2D eigenvalue weighted by molar-refractivity contribution is 9.10. The smallest absolute Gasteiger partial charge is 0.251 e. The van der Waals surface area contributed by atoms with Crippen LogP contribution in [0.2, 0.25) is 0 Å². The monoisotopic (exact) mass is 454 g/mol. The van der Waals surface area contributed by atoms with Gasteiger partial charge in [0.05, 0.1) is 11.6 Å². The van der Waals surface area contributed by atoms with Gasteiger partial charge in [0.1, 0.15) is 18.1 Å². The van der Waals surface area contributed by atoms with Crippen LogP contribution >= 0.6 is 15.9 Å². The summed E-state index contributed by atoms with van der Waals surface area (Å²) in [5.41, 5.74) is 4.44. The van der Waals surface area contributed by atoms with Crippen molar-refractivity contribution in [2.75, 3.05) is 7.11 Å². The minimum atomic E-state index is -0.123. The third-order valence-electron chi connectivity index (χ3n) is 4.50. The lowest BCUT2D eigenvalue weighted by atomic mass is 10.0. The molecule has 6 heteroatoms. The summed E-state index contributed by atoms with van der Waals surface area (Å²) >= 11 is 3.46. The Bertz CT molecular complexity index is 983. The van der Waals surface area contributed by atoms with Crippen molar-refractivity contribution in [3.8, 4) is 11.5 Å². The molecule has 0 aliphatic heterocycles. The molecule has 3 rings (SSSR count). The molecule has 1 aromatic heterocycles. The number of hydrogen-bond donors (Lipinski definition) is 1. The van der Waals surface area contributed by atoms with Crippen LogP contribution in [-0.2, 0) is 13.2 Å². The maximum atomic E-state index is 12.6. The molecule has 0 atom stereocenters. The van der Waals surface area contributed by atoms with Gasteiger partial charge in [-0.3, -0.25) is 9.78 Å². The second-order valence-corrected chi connectivity index (χ2v) is 7.60. The molecule has 150 valence electrons. The van der Waals surface area contributed by atoms with Crippen LogP contribution in [-0.4, -0.2) is 18.0 Å². The van der Waals surface area contributed by atoms with E-state index >= 15 is 0 Å². The molecule has 3 aromatic rings. The Kier molecular flexibility index (Phi) is 6.88. The molecule has 5 nitrogen and oxygen atoms in total. The van der Waals surface area contributed by atoms with Crippen LogP contribution in [0.5, 0.6) is 11.5 Å². The lowest BCUT2D eigenvalue weighted by Crippen LogP contribution is -2.23. The van der Waals surface area contributed by atoms with E-state index in [0.29, 0.717) is 18.7 Å². The Balaban J connectivity index is 1.65. The average molecular weight is 455 g/mol. The summed E-state index contributed by atoms with van der Waals surface area (Å²) in [4.78, 5) is 16.7. The summed E-state index contributed by atoms with van der Waals surface area (Å²) in [6, 6.07) is 13.3. The molecule has 0 radical (unpaired) electrons. The highest BCUT2D eigenvalue weighted by Crippen LogP contribution is 2.27. The quantitative estimate of drug-likeness (QED) is 0.546. The first kappa shape index (κ1) is 20.9. The summed E-state index contributed by atoms with van der Waals surface area (Å²) < 4.78 is 12.0. The van der Waals surface area contributed by atoms with Crippen molar-refractivity contribution < 1.29 is 14.3 Å². The van der Waals surface area contributed by atoms with Crippen LogP contribution in [0.4, 0.5) is 0 Å². The molecule has 0 unspecified atom stereocenters. The van der Waals surface area contributed by atoms with Crippen LogP contribution in [0.1, 0.15) is 32.6 Å². The molecule has 1 heterocycles. The number of carbonyl (C=O) groups is 1. The van der Waals surface area contributed by atoms with E-state index < -0.39 is 0 Å². The van der Waals surface area contributed by atoms with Crippen molar-refractivity contribution in [3.05, 3.63) is 87.1 Å². The van der Waals surface area contributed by atoms with Gasteiger partial charge in [-0.2, -0.15) is 0 Å². The highest BCUT2D eigenvalue weighted by atomic mass is 79.9. The van der Waals surface area contributed by atoms with Gasteiger partial charge in [-0.1, -0.05) is 12.1 Å². The molecule has 0 spiro atoms. The van der Waals surface area contributed by atoms with E-state index in [2.05, 4.69) is 26.2 Å². The summed E-state index contributed by atoms with van der Waals surface area (Å²) in [5.74, 6) is 1.43. The summed E-state index contributed by atoms with van der Waals surface area (Å²) in [7, 11) is 1.62. The van der Waals surface area contributed by atoms with Crippen LogP contribution in [0.15, 0.2) is 59.3 Å². The zero-order valence-electron chi connectivity index (χ0n) is 16.7. The van der Waals surface area contributed by atoms with E-state index in [1.165, 1.54) is 0 Å². The summed E-state index contributed by atoms with van der Waals surface area (Å²) in [6.45, 7) is 4.76. The number of hydrogen-bond acceptors (Lipinski definition) is 4. The first-order chi connectivity index (χ1) is 14.0. The van der Waals surface area contributed by atoms with E-state index in [1.807, 2.05) is 56.3 Å². The van der Waals surface area contributed by atoms with Crippen molar-refractivity contribution in [1.29, 1.82) is 0 Å². The van der Waals surface area contributed by atoms with Gasteiger partial charge >= 0.3 is 0 Å². The normalized spacial score (nSPS) is 10.5. The molecule has 1 N–H and O–H groups in total. The molecule has 0 saturated carbocycles. The number of ether oxygens (including phenoxy) is 2. The van der Waals surface area contributed by atoms with Gasteiger partial charge in [0.2, 0.25) is 0 Å². The zero-order chi connectivity index (χ0) is 20.8. The maximum absolute atomic E-state index is 12.6. The number of benzene rings is 2. The fraction of sp³-hybridized carbons (Fsp3) is 0.217. The SMILES string of the molecule is COc1ccc(CNC(=O)c2cc(C)c(OCc3cccnc3)c(C)c2)cc1Br. The van der Waals surface area contributed by atoms with Crippen LogP contribution in [0.3, 0.4) is 0 Å². The minimum absolute atomic E-state index is 0.123. The highest BCUT2D eigenvalue weighted by Gasteiger charge is 2.12. The lowest BCUT2D eigenvalue weighted by Gasteiger charge is -2.14. The Labute approximate surface area is 179 Å². The molecule has 29 heavy (non-hydrogen) atoms. The Morgan fingerprint density at radius 1 is 1.10 bits per heavy atom. The van der Waals surface area contributed by atoms with E-state index in [1.54, 1.807) is 19.5 Å². The fourth-order valence-corrected chi connectivity index (χ4v) is 3.64. The van der Waals surface area contributed by atoms with Gasteiger partial charge in [-0.05, 0) is 76.8 Å². The molecule has 1 amide bonds. The third-order valence-corrected chi connectivity index (χ3v) is 5.12. The molecular formula is C23H23BrN2O3. The van der Waals surface area contributed by atoms with Gasteiger partial charge in [0.15, 0.2) is 0 Å². The molecule has 0 fully saturated rings. The number of rotatable bonds is 7. The minimum Gasteiger partial charge on any atom is -0.496 e. The van der Waals surface area contributed by atoms with E-state index in [-0.39, 0.29) is 5.91 Å². The Morgan fingerprint density at radius 3 is 2.48 bits per heavy atom. The third kappa shape index (κ3) is 5.35. The standard InChI is InChI=1S/C23H23BrN2O3/c1-15-9-19(10-16(2)22(15)29-14-18-5-4-8-25-12-18)23(27)26-13-17-6-7-21(28-3)20(24)11-17/h4-12H,13-14H2,1-3H3,(H,26,27). The molecule has 2 aromatic carbocycles. The number of aryl methyl sites for hydroxylation is 2. The van der Waals surface area contributed by atoms with E-state index in [4.69, 9.17) is 9.47 Å². The Morgan fingerprint density at radius 2 is 1.86 bits per heavy atom. The molecule has 0 aliphatic carbocycles. The number of methoxy groups -OCH3 is 1. The van der Waals surface area contributed by atoms with Crippen molar-refractivity contribution in [3.63, 3.8) is 0 Å². The first-order valence-corrected chi connectivity index (χ1v) is 10.0. The molecule has 0 saturated heterocycles. The average Bonchev–Trinajstić information content (AvgIpc) is 2.72. The topological polar surface area (TPSA) is 60.5 Å². The van der Waals surface area contributed by atoms with Crippen molar-refractivity contribution in [1.82, 2.24) is 10.3 Å². The van der Waals surface area contributed by atoms with Crippen LogP contribution < -0.4 is 14.8 Å². The van der Waals surface area contributed by atoms with Crippen molar-refractivity contribution >= 4 is 21.8 Å². The van der Waals surface area contributed by atoms with Crippen molar-refractivity contribution in [2.45, 2.75) is 27.0 Å². The number of carbonyl (C=O) groups excluding carboxylic acids is 1. The van der Waals surface area contributed by atoms with Crippen molar-refractivity contribution in [2.24, 2.45) is 0 Å². The number of amides is 1. The molecule has 0 bridgehead atoms. The fourth-order valence-electron chi connectivity index (χ4n) is 3.05. The molecule has 0 aliphatic rings. The maximum Gasteiger partial charge on any atom is 0.251 e. The number of nitrogens with zero attached hydrogens (tertiary/aromatic N) is 1. The summed E-state index contributed by atoms with van der Waals surface area (Å²) in [5, 5.41) is 2.96. The second-order valence-electron chi connectivity index (χ2n) is 6.74. The number of halogens is 1. The number of nitrogens with one attached hydrogen (secondary N) is 1. The van der Waals surface area contributed by atoms with Gasteiger partial charge in [0, 0.05) is 30.1 Å². The predicted octanol–water partition coefficient (Wildman–Crippen LogP) is 4.98. The van der Waals surface area contributed by atoms with Gasteiger partial charge in [-0.15, -0.1) is 0 Å². The van der Waals surface area contributed by atoms with E-state index in [0.717, 1.165) is 38.2 Å². The molecular weight excluding hydrogens is 432 g/mol. The second kappa shape index (κ2) is 9.56. The van der Waals surface area contributed by atoms with Gasteiger partial charge in [-0.25, -0.2) is 0 Å². The first-order valence-electron chi connectivity index (χ1n) is 9.21.